The molecule has 0 saturated heterocycles. The lowest BCUT2D eigenvalue weighted by Crippen LogP contribution is -2.36. The summed E-state index contributed by atoms with van der Waals surface area (Å²) >= 11 is 0. The minimum Gasteiger partial charge on any atom is -0.271 e. The van der Waals surface area contributed by atoms with E-state index in [1.165, 1.54) is 31.2 Å². The number of nitrogens with one attached hydrogen (secondary N) is 1. The molecular formula is C15H25N3. The second kappa shape index (κ2) is 5.37. The molecule has 1 aliphatic rings. The molecule has 1 heterocycles. The molecule has 0 spiro atoms. The van der Waals surface area contributed by atoms with E-state index in [0.29, 0.717) is 11.3 Å². The zero-order chi connectivity index (χ0) is 13.2. The van der Waals surface area contributed by atoms with Crippen LogP contribution in [0, 0.1) is 18.3 Å². The first-order valence-corrected chi connectivity index (χ1v) is 6.90. The van der Waals surface area contributed by atoms with Gasteiger partial charge >= 0.3 is 0 Å². The van der Waals surface area contributed by atoms with Crippen molar-refractivity contribution < 1.29 is 0 Å². The van der Waals surface area contributed by atoms with Gasteiger partial charge < -0.3 is 0 Å². The summed E-state index contributed by atoms with van der Waals surface area (Å²) in [4.78, 5) is 4.38. The van der Waals surface area contributed by atoms with Crippen LogP contribution in [-0.4, -0.2) is 4.98 Å². The number of nitrogens with zero attached hydrogens (tertiary/aromatic N) is 1. The lowest BCUT2D eigenvalue weighted by Gasteiger charge is -2.37. The first-order chi connectivity index (χ1) is 8.52. The maximum atomic E-state index is 5.76. The van der Waals surface area contributed by atoms with Gasteiger partial charge in [0.25, 0.3) is 0 Å². The molecule has 1 fully saturated rings. The van der Waals surface area contributed by atoms with Crippen molar-refractivity contribution >= 4 is 0 Å². The highest BCUT2D eigenvalue weighted by Crippen LogP contribution is 2.42. The van der Waals surface area contributed by atoms with Gasteiger partial charge in [-0.1, -0.05) is 19.9 Å². The largest absolute Gasteiger partial charge is 0.271 e. The molecule has 3 nitrogen and oxygen atoms in total. The molecule has 0 aromatic carbocycles. The van der Waals surface area contributed by atoms with Crippen LogP contribution in [-0.2, 0) is 0 Å². The number of nitrogens with two attached hydrogens (primary N) is 1. The van der Waals surface area contributed by atoms with E-state index in [9.17, 15) is 0 Å². The van der Waals surface area contributed by atoms with Crippen LogP contribution in [0.15, 0.2) is 18.3 Å². The lowest BCUT2D eigenvalue weighted by atomic mass is 9.70. The molecule has 0 radical (unpaired) electrons. The van der Waals surface area contributed by atoms with Crippen LogP contribution in [0.1, 0.15) is 56.8 Å². The summed E-state index contributed by atoms with van der Waals surface area (Å²) in [6.07, 6.45) is 7.02. The first-order valence-electron chi connectivity index (χ1n) is 6.90. The average molecular weight is 247 g/mol. The Morgan fingerprint density at radius 2 is 2.00 bits per heavy atom. The Bertz CT molecular complexity index is 373. The Morgan fingerprint density at radius 1 is 1.33 bits per heavy atom. The number of hydrazine groups is 1. The molecule has 1 saturated carbocycles. The smallest absolute Gasteiger partial charge is 0.0503 e. The van der Waals surface area contributed by atoms with Crippen molar-refractivity contribution in [3.05, 3.63) is 29.6 Å². The molecular weight excluding hydrogens is 222 g/mol. The number of hydrogen-bond donors (Lipinski definition) is 2. The molecule has 0 aliphatic heterocycles. The molecule has 1 aliphatic carbocycles. The fourth-order valence-electron chi connectivity index (χ4n) is 2.92. The van der Waals surface area contributed by atoms with Crippen LogP contribution in [0.4, 0.5) is 0 Å². The highest BCUT2D eigenvalue weighted by molar-refractivity contribution is 5.18. The van der Waals surface area contributed by atoms with Crippen molar-refractivity contribution in [2.24, 2.45) is 17.2 Å². The van der Waals surface area contributed by atoms with Gasteiger partial charge in [-0.2, -0.15) is 0 Å². The highest BCUT2D eigenvalue weighted by atomic mass is 15.2. The lowest BCUT2D eigenvalue weighted by molar-refractivity contribution is 0.161. The number of rotatable bonds is 3. The van der Waals surface area contributed by atoms with Gasteiger partial charge in [0.15, 0.2) is 0 Å². The third kappa shape index (κ3) is 3.09. The van der Waals surface area contributed by atoms with Gasteiger partial charge in [-0.25, -0.2) is 0 Å². The molecule has 18 heavy (non-hydrogen) atoms. The monoisotopic (exact) mass is 247 g/mol. The summed E-state index contributed by atoms with van der Waals surface area (Å²) in [5.74, 6) is 6.40. The van der Waals surface area contributed by atoms with E-state index >= 15 is 0 Å². The molecule has 2 rings (SSSR count). The van der Waals surface area contributed by atoms with Gasteiger partial charge in [0.05, 0.1) is 6.04 Å². The summed E-state index contributed by atoms with van der Waals surface area (Å²) in [6, 6.07) is 4.45. The van der Waals surface area contributed by atoms with E-state index in [-0.39, 0.29) is 6.04 Å². The Labute approximate surface area is 110 Å². The predicted molar refractivity (Wildman–Crippen MR) is 74.8 cm³/mol. The standard InChI is InChI=1S/C15H25N3/c1-11-4-5-13(10-17-11)14(18-16)12-6-8-15(2,3)9-7-12/h4-5,10,12,14,18H,6-9,16H2,1-3H3. The Hall–Kier alpha value is -0.930. The predicted octanol–water partition coefficient (Wildman–Crippen LogP) is 3.11. The summed E-state index contributed by atoms with van der Waals surface area (Å²) in [6.45, 7) is 6.74. The minimum atomic E-state index is 0.245. The molecule has 3 heteroatoms. The topological polar surface area (TPSA) is 50.9 Å². The summed E-state index contributed by atoms with van der Waals surface area (Å²) in [5.41, 5.74) is 5.77. The van der Waals surface area contributed by atoms with Crippen molar-refractivity contribution in [1.82, 2.24) is 10.4 Å². The molecule has 0 bridgehead atoms. The van der Waals surface area contributed by atoms with Gasteiger partial charge in [-0.15, -0.1) is 0 Å². The number of pyridine rings is 1. The van der Waals surface area contributed by atoms with Crippen LogP contribution in [0.3, 0.4) is 0 Å². The van der Waals surface area contributed by atoms with Crippen LogP contribution < -0.4 is 11.3 Å². The van der Waals surface area contributed by atoms with E-state index in [4.69, 9.17) is 5.84 Å². The van der Waals surface area contributed by atoms with Gasteiger partial charge in [-0.3, -0.25) is 16.3 Å². The minimum absolute atomic E-state index is 0.245. The van der Waals surface area contributed by atoms with E-state index in [1.54, 1.807) is 0 Å². The average Bonchev–Trinajstić information content (AvgIpc) is 2.34. The van der Waals surface area contributed by atoms with E-state index in [0.717, 1.165) is 5.69 Å². The van der Waals surface area contributed by atoms with Crippen molar-refractivity contribution in [1.29, 1.82) is 0 Å². The molecule has 3 N–H and O–H groups in total. The van der Waals surface area contributed by atoms with Crippen LogP contribution in [0.25, 0.3) is 0 Å². The third-order valence-electron chi connectivity index (χ3n) is 4.33. The van der Waals surface area contributed by atoms with Crippen LogP contribution in [0.2, 0.25) is 0 Å². The zero-order valence-corrected chi connectivity index (χ0v) is 11.7. The Balaban J connectivity index is 2.08. The van der Waals surface area contributed by atoms with Gasteiger partial charge in [0.1, 0.15) is 0 Å². The fraction of sp³-hybridized carbons (Fsp3) is 0.667. The molecule has 1 aromatic rings. The maximum absolute atomic E-state index is 5.76. The van der Waals surface area contributed by atoms with Crippen molar-refractivity contribution in [3.8, 4) is 0 Å². The zero-order valence-electron chi connectivity index (χ0n) is 11.7. The number of aryl methyl sites for hydroxylation is 1. The highest BCUT2D eigenvalue weighted by Gasteiger charge is 2.31. The van der Waals surface area contributed by atoms with Crippen molar-refractivity contribution in [2.45, 2.75) is 52.5 Å². The summed E-state index contributed by atoms with van der Waals surface area (Å²) < 4.78 is 0. The van der Waals surface area contributed by atoms with E-state index in [1.807, 2.05) is 13.1 Å². The fourth-order valence-corrected chi connectivity index (χ4v) is 2.92. The van der Waals surface area contributed by atoms with Crippen LogP contribution >= 0.6 is 0 Å². The molecule has 1 atom stereocenters. The van der Waals surface area contributed by atoms with Gasteiger partial charge in [0, 0.05) is 11.9 Å². The quantitative estimate of drug-likeness (QED) is 0.637. The number of aromatic nitrogens is 1. The third-order valence-corrected chi connectivity index (χ3v) is 4.33. The van der Waals surface area contributed by atoms with Crippen molar-refractivity contribution in [2.75, 3.05) is 0 Å². The normalized spacial score (nSPS) is 21.8. The number of hydrogen-bond acceptors (Lipinski definition) is 3. The van der Waals surface area contributed by atoms with Crippen molar-refractivity contribution in [3.63, 3.8) is 0 Å². The molecule has 0 amide bonds. The summed E-state index contributed by atoms with van der Waals surface area (Å²) in [7, 11) is 0. The maximum Gasteiger partial charge on any atom is 0.0503 e. The van der Waals surface area contributed by atoms with Gasteiger partial charge in [-0.05, 0) is 55.6 Å². The second-order valence-corrected chi connectivity index (χ2v) is 6.38. The first kappa shape index (κ1) is 13.5. The van der Waals surface area contributed by atoms with Gasteiger partial charge in [0.2, 0.25) is 0 Å². The SMILES string of the molecule is Cc1ccc(C(NN)C2CCC(C)(C)CC2)cn1. The molecule has 100 valence electrons. The Morgan fingerprint density at radius 3 is 2.50 bits per heavy atom. The van der Waals surface area contributed by atoms with E-state index < -0.39 is 0 Å². The van der Waals surface area contributed by atoms with E-state index in [2.05, 4.69) is 36.4 Å². The molecule has 1 aromatic heterocycles. The Kier molecular flexibility index (Phi) is 4.03. The summed E-state index contributed by atoms with van der Waals surface area (Å²) in [5, 5.41) is 0. The molecule has 1 unspecified atom stereocenters. The van der Waals surface area contributed by atoms with Crippen LogP contribution in [0.5, 0.6) is 0 Å². The second-order valence-electron chi connectivity index (χ2n) is 6.38.